The first-order valence-corrected chi connectivity index (χ1v) is 5.79. The summed E-state index contributed by atoms with van der Waals surface area (Å²) in [5.74, 6) is 0.0507. The van der Waals surface area contributed by atoms with E-state index in [4.69, 9.17) is 0 Å². The fraction of sp³-hybridized carbons (Fsp3) is 0.875. The Bertz CT molecular complexity index is 170. The van der Waals surface area contributed by atoms with E-state index in [9.17, 15) is 9.00 Å². The van der Waals surface area contributed by atoms with Gasteiger partial charge in [0.1, 0.15) is 0 Å². The maximum absolute atomic E-state index is 11.0. The fourth-order valence-electron chi connectivity index (χ4n) is 0.690. The minimum Gasteiger partial charge on any atom is -0.355 e. The molecule has 0 rings (SSSR count). The molecule has 0 aromatic heterocycles. The Hall–Kier alpha value is -0.380. The molecule has 0 bridgehead atoms. The number of rotatable bonds is 5. The van der Waals surface area contributed by atoms with Gasteiger partial charge in [-0.1, -0.05) is 6.92 Å². The summed E-state index contributed by atoms with van der Waals surface area (Å²) in [6, 6.07) is 0. The maximum atomic E-state index is 11.0. The molecular formula is C8H17NO2S. The van der Waals surface area contributed by atoms with E-state index >= 15 is 0 Å². The van der Waals surface area contributed by atoms with Gasteiger partial charge in [-0.25, -0.2) is 0 Å². The molecule has 4 heteroatoms. The van der Waals surface area contributed by atoms with Crippen molar-refractivity contribution in [3.8, 4) is 0 Å². The van der Waals surface area contributed by atoms with Crippen LogP contribution in [0.5, 0.6) is 0 Å². The van der Waals surface area contributed by atoms with Gasteiger partial charge in [0.05, 0.1) is 0 Å². The molecular weight excluding hydrogens is 174 g/mol. The van der Waals surface area contributed by atoms with Gasteiger partial charge in [-0.05, 0) is 13.3 Å². The Balaban J connectivity index is 3.54. The van der Waals surface area contributed by atoms with Gasteiger partial charge >= 0.3 is 0 Å². The van der Waals surface area contributed by atoms with Crippen LogP contribution in [0.25, 0.3) is 0 Å². The van der Waals surface area contributed by atoms with Crippen molar-refractivity contribution < 1.29 is 9.00 Å². The number of hydrogen-bond donors (Lipinski definition) is 1. The van der Waals surface area contributed by atoms with E-state index in [0.29, 0.717) is 13.0 Å². The molecule has 0 saturated carbocycles. The summed E-state index contributed by atoms with van der Waals surface area (Å²) in [5.41, 5.74) is 0. The summed E-state index contributed by atoms with van der Waals surface area (Å²) in [5, 5.41) is 2.78. The molecule has 12 heavy (non-hydrogen) atoms. The van der Waals surface area contributed by atoms with Crippen molar-refractivity contribution in [3.63, 3.8) is 0 Å². The second-order valence-corrected chi connectivity index (χ2v) is 4.67. The smallest absolute Gasteiger partial charge is 0.220 e. The lowest BCUT2D eigenvalue weighted by Crippen LogP contribution is -2.32. The molecule has 0 aromatic rings. The van der Waals surface area contributed by atoms with E-state index in [1.807, 2.05) is 13.8 Å². The summed E-state index contributed by atoms with van der Waals surface area (Å²) in [7, 11) is -0.845. The minimum atomic E-state index is -0.845. The number of hydrogen-bond acceptors (Lipinski definition) is 2. The summed E-state index contributed by atoms with van der Waals surface area (Å²) in [6.07, 6.45) is 3.06. The molecule has 0 saturated heterocycles. The predicted molar refractivity (Wildman–Crippen MR) is 51.4 cm³/mol. The highest BCUT2D eigenvalue weighted by Crippen LogP contribution is 1.91. The first-order valence-electron chi connectivity index (χ1n) is 4.16. The number of carbonyl (C=O) groups excluding carboxylic acids is 1. The van der Waals surface area contributed by atoms with Gasteiger partial charge in [0.25, 0.3) is 0 Å². The van der Waals surface area contributed by atoms with Gasteiger partial charge in [-0.2, -0.15) is 0 Å². The standard InChI is InChI=1S/C8H17NO2S/c1-4-5-8(10)9-6-7(2)12(3)11/h7H,4-6H2,1-3H3,(H,9,10). The molecule has 0 radical (unpaired) electrons. The van der Waals surface area contributed by atoms with Crippen LogP contribution < -0.4 is 5.32 Å². The van der Waals surface area contributed by atoms with Crippen molar-refractivity contribution in [2.45, 2.75) is 31.9 Å². The van der Waals surface area contributed by atoms with E-state index in [-0.39, 0.29) is 11.2 Å². The van der Waals surface area contributed by atoms with Gasteiger partial charge in [0, 0.05) is 35.3 Å². The van der Waals surface area contributed by atoms with Crippen molar-refractivity contribution >= 4 is 16.7 Å². The average molecular weight is 191 g/mol. The first kappa shape index (κ1) is 11.6. The zero-order valence-electron chi connectivity index (χ0n) is 7.92. The maximum Gasteiger partial charge on any atom is 0.220 e. The average Bonchev–Trinajstić information content (AvgIpc) is 2.00. The molecule has 0 aliphatic heterocycles. The third kappa shape index (κ3) is 5.29. The predicted octanol–water partition coefficient (Wildman–Crippen LogP) is 0.670. The fourth-order valence-corrected chi connectivity index (χ4v) is 1.01. The Morgan fingerprint density at radius 3 is 2.58 bits per heavy atom. The zero-order valence-corrected chi connectivity index (χ0v) is 8.74. The van der Waals surface area contributed by atoms with E-state index in [2.05, 4.69) is 5.32 Å². The zero-order chi connectivity index (χ0) is 9.56. The lowest BCUT2D eigenvalue weighted by molar-refractivity contribution is -0.121. The summed E-state index contributed by atoms with van der Waals surface area (Å²) >= 11 is 0. The Morgan fingerprint density at radius 2 is 2.17 bits per heavy atom. The quantitative estimate of drug-likeness (QED) is 0.694. The summed E-state index contributed by atoms with van der Waals surface area (Å²) < 4.78 is 10.9. The highest BCUT2D eigenvalue weighted by atomic mass is 32.2. The van der Waals surface area contributed by atoms with Crippen LogP contribution in [0.1, 0.15) is 26.7 Å². The van der Waals surface area contributed by atoms with Crippen LogP contribution in [0.3, 0.4) is 0 Å². The number of amides is 1. The van der Waals surface area contributed by atoms with Crippen molar-refractivity contribution in [2.24, 2.45) is 0 Å². The Kier molecular flexibility index (Phi) is 5.98. The molecule has 72 valence electrons. The van der Waals surface area contributed by atoms with Gasteiger partial charge in [0.2, 0.25) is 5.91 Å². The SMILES string of the molecule is CCCC(=O)NCC(C)S(C)=O. The third-order valence-electron chi connectivity index (χ3n) is 1.63. The molecule has 0 heterocycles. The van der Waals surface area contributed by atoms with Crippen molar-refractivity contribution in [1.29, 1.82) is 0 Å². The molecule has 0 aliphatic carbocycles. The molecule has 2 atom stereocenters. The molecule has 3 nitrogen and oxygen atoms in total. The van der Waals surface area contributed by atoms with Gasteiger partial charge < -0.3 is 5.32 Å². The first-order chi connectivity index (χ1) is 5.57. The lowest BCUT2D eigenvalue weighted by atomic mass is 10.3. The topological polar surface area (TPSA) is 46.2 Å². The summed E-state index contributed by atoms with van der Waals surface area (Å²) in [6.45, 7) is 4.34. The van der Waals surface area contributed by atoms with Crippen molar-refractivity contribution in [1.82, 2.24) is 5.32 Å². The molecule has 1 amide bonds. The second kappa shape index (κ2) is 6.17. The van der Waals surface area contributed by atoms with Gasteiger partial charge in [-0.15, -0.1) is 0 Å². The van der Waals surface area contributed by atoms with Crippen LogP contribution in [-0.4, -0.2) is 28.2 Å². The van der Waals surface area contributed by atoms with E-state index in [1.54, 1.807) is 6.26 Å². The molecule has 0 aromatic carbocycles. The van der Waals surface area contributed by atoms with E-state index in [0.717, 1.165) is 6.42 Å². The summed E-state index contributed by atoms with van der Waals surface area (Å²) in [4.78, 5) is 11.0. The monoisotopic (exact) mass is 191 g/mol. The van der Waals surface area contributed by atoms with Crippen LogP contribution in [0, 0.1) is 0 Å². The normalized spacial score (nSPS) is 15.2. The van der Waals surface area contributed by atoms with Crippen LogP contribution in [0.4, 0.5) is 0 Å². The van der Waals surface area contributed by atoms with Gasteiger partial charge in [-0.3, -0.25) is 9.00 Å². The minimum absolute atomic E-state index is 0.0470. The van der Waals surface area contributed by atoms with Crippen LogP contribution in [0.15, 0.2) is 0 Å². The number of nitrogens with one attached hydrogen (secondary N) is 1. The van der Waals surface area contributed by atoms with Crippen molar-refractivity contribution in [3.05, 3.63) is 0 Å². The number of carbonyl (C=O) groups is 1. The van der Waals surface area contributed by atoms with E-state index in [1.165, 1.54) is 0 Å². The molecule has 0 spiro atoms. The molecule has 2 unspecified atom stereocenters. The molecule has 0 aliphatic rings. The second-order valence-electron chi connectivity index (χ2n) is 2.86. The van der Waals surface area contributed by atoms with Crippen molar-refractivity contribution in [2.75, 3.05) is 12.8 Å². The lowest BCUT2D eigenvalue weighted by Gasteiger charge is -2.08. The largest absolute Gasteiger partial charge is 0.355 e. The Labute approximate surface area is 76.4 Å². The van der Waals surface area contributed by atoms with Crippen LogP contribution in [-0.2, 0) is 15.6 Å². The highest BCUT2D eigenvalue weighted by Gasteiger charge is 2.07. The van der Waals surface area contributed by atoms with Crippen LogP contribution >= 0.6 is 0 Å². The van der Waals surface area contributed by atoms with Gasteiger partial charge in [0.15, 0.2) is 0 Å². The molecule has 1 N–H and O–H groups in total. The molecule has 0 fully saturated rings. The third-order valence-corrected chi connectivity index (χ3v) is 2.93. The van der Waals surface area contributed by atoms with E-state index < -0.39 is 10.8 Å². The highest BCUT2D eigenvalue weighted by molar-refractivity contribution is 7.84. The Morgan fingerprint density at radius 1 is 1.58 bits per heavy atom. The van der Waals surface area contributed by atoms with Crippen LogP contribution in [0.2, 0.25) is 0 Å².